The number of nitrogens with two attached hydrogens (primary N) is 1. The van der Waals surface area contributed by atoms with Crippen molar-refractivity contribution in [3.05, 3.63) is 23.8 Å². The van der Waals surface area contributed by atoms with Gasteiger partial charge in [0, 0.05) is 12.6 Å². The van der Waals surface area contributed by atoms with E-state index in [1.807, 2.05) is 4.90 Å². The normalized spacial score (nSPS) is 15.9. The van der Waals surface area contributed by atoms with Crippen molar-refractivity contribution in [2.75, 3.05) is 13.1 Å². The summed E-state index contributed by atoms with van der Waals surface area (Å²) in [6.45, 7) is 1.12. The zero-order valence-electron chi connectivity index (χ0n) is 12.3. The minimum Gasteiger partial charge on any atom is -0.508 e. The van der Waals surface area contributed by atoms with Crippen LogP contribution < -0.4 is 5.73 Å². The second-order valence-corrected chi connectivity index (χ2v) is 5.63. The maximum atomic E-state index is 12.7. The quantitative estimate of drug-likeness (QED) is 0.726. The van der Waals surface area contributed by atoms with E-state index < -0.39 is 0 Å². The van der Waals surface area contributed by atoms with Gasteiger partial charge in [0.1, 0.15) is 11.5 Å². The van der Waals surface area contributed by atoms with Gasteiger partial charge in [-0.25, -0.2) is 0 Å². The van der Waals surface area contributed by atoms with Gasteiger partial charge in [-0.05, 0) is 44.0 Å². The molecule has 1 aromatic carbocycles. The zero-order chi connectivity index (χ0) is 15.2. The van der Waals surface area contributed by atoms with Crippen LogP contribution >= 0.6 is 0 Å². The topological polar surface area (TPSA) is 86.8 Å². The van der Waals surface area contributed by atoms with Gasteiger partial charge in [0.2, 0.25) is 0 Å². The maximum Gasteiger partial charge on any atom is 0.257 e. The van der Waals surface area contributed by atoms with Crippen molar-refractivity contribution in [2.24, 2.45) is 5.73 Å². The van der Waals surface area contributed by atoms with Crippen LogP contribution in [0.15, 0.2) is 18.2 Å². The van der Waals surface area contributed by atoms with Crippen LogP contribution in [0.2, 0.25) is 0 Å². The molecule has 0 spiro atoms. The summed E-state index contributed by atoms with van der Waals surface area (Å²) in [7, 11) is 0. The molecule has 21 heavy (non-hydrogen) atoms. The molecule has 1 aliphatic rings. The summed E-state index contributed by atoms with van der Waals surface area (Å²) in [5.41, 5.74) is 5.74. The van der Waals surface area contributed by atoms with E-state index >= 15 is 0 Å². The average molecular weight is 292 g/mol. The van der Waals surface area contributed by atoms with Gasteiger partial charge in [-0.15, -0.1) is 0 Å². The Kier molecular flexibility index (Phi) is 5.44. The molecule has 4 N–H and O–H groups in total. The van der Waals surface area contributed by atoms with Crippen molar-refractivity contribution in [2.45, 2.75) is 44.6 Å². The van der Waals surface area contributed by atoms with Gasteiger partial charge in [0.25, 0.3) is 5.91 Å². The minimum atomic E-state index is -0.219. The molecule has 1 fully saturated rings. The fourth-order valence-electron chi connectivity index (χ4n) is 2.95. The van der Waals surface area contributed by atoms with Gasteiger partial charge in [0.05, 0.1) is 5.56 Å². The molecule has 2 rings (SSSR count). The number of aromatic hydroxyl groups is 2. The van der Waals surface area contributed by atoms with Crippen LogP contribution in [0, 0.1) is 0 Å². The number of phenolic OH excluding ortho intramolecular Hbond substituents is 2. The third-order valence-electron chi connectivity index (χ3n) is 4.09. The first-order chi connectivity index (χ1) is 10.1. The lowest BCUT2D eigenvalue weighted by molar-refractivity contribution is 0.0629. The number of nitrogens with zero attached hydrogens (tertiary/aromatic N) is 1. The Morgan fingerprint density at radius 1 is 1.24 bits per heavy atom. The SMILES string of the molecule is NCCCN(C(=O)c1cc(O)ccc1O)C1CCCCC1. The molecule has 0 aliphatic heterocycles. The molecule has 0 atom stereocenters. The molecule has 0 heterocycles. The molecule has 5 heteroatoms. The first-order valence-corrected chi connectivity index (χ1v) is 7.66. The van der Waals surface area contributed by atoms with Crippen molar-refractivity contribution in [1.82, 2.24) is 4.90 Å². The molecular weight excluding hydrogens is 268 g/mol. The van der Waals surface area contributed by atoms with Crippen molar-refractivity contribution >= 4 is 5.91 Å². The molecule has 5 nitrogen and oxygen atoms in total. The van der Waals surface area contributed by atoms with Gasteiger partial charge >= 0.3 is 0 Å². The highest BCUT2D eigenvalue weighted by Crippen LogP contribution is 2.28. The predicted molar refractivity (Wildman–Crippen MR) is 81.4 cm³/mol. The van der Waals surface area contributed by atoms with E-state index in [4.69, 9.17) is 5.73 Å². The lowest BCUT2D eigenvalue weighted by atomic mass is 9.93. The Bertz CT molecular complexity index is 484. The molecule has 1 amide bonds. The second-order valence-electron chi connectivity index (χ2n) is 5.63. The van der Waals surface area contributed by atoms with Crippen molar-refractivity contribution in [3.63, 3.8) is 0 Å². The largest absolute Gasteiger partial charge is 0.508 e. The average Bonchev–Trinajstić information content (AvgIpc) is 2.51. The molecule has 0 unspecified atom stereocenters. The highest BCUT2D eigenvalue weighted by Gasteiger charge is 2.27. The Labute approximate surface area is 125 Å². The Balaban J connectivity index is 2.21. The highest BCUT2D eigenvalue weighted by atomic mass is 16.3. The van der Waals surface area contributed by atoms with E-state index in [1.54, 1.807) is 0 Å². The Hall–Kier alpha value is -1.75. The summed E-state index contributed by atoms with van der Waals surface area (Å²) >= 11 is 0. The van der Waals surface area contributed by atoms with E-state index in [2.05, 4.69) is 0 Å². The van der Waals surface area contributed by atoms with Crippen LogP contribution in [0.5, 0.6) is 11.5 Å². The summed E-state index contributed by atoms with van der Waals surface area (Å²) in [5.74, 6) is -0.325. The standard InChI is InChI=1S/C16H24N2O3/c17-9-4-10-18(12-5-2-1-3-6-12)16(21)14-11-13(19)7-8-15(14)20/h7-8,11-12,19-20H,1-6,9-10,17H2. The molecule has 116 valence electrons. The highest BCUT2D eigenvalue weighted by molar-refractivity contribution is 5.97. The van der Waals surface area contributed by atoms with Crippen LogP contribution in [-0.2, 0) is 0 Å². The number of phenols is 2. The van der Waals surface area contributed by atoms with Gasteiger partial charge in [0.15, 0.2) is 0 Å². The third kappa shape index (κ3) is 3.88. The summed E-state index contributed by atoms with van der Waals surface area (Å²) < 4.78 is 0. The fraction of sp³-hybridized carbons (Fsp3) is 0.562. The van der Waals surface area contributed by atoms with Crippen molar-refractivity contribution in [3.8, 4) is 11.5 Å². The number of hydrogen-bond donors (Lipinski definition) is 3. The number of hydrogen-bond acceptors (Lipinski definition) is 4. The Morgan fingerprint density at radius 2 is 1.95 bits per heavy atom. The van der Waals surface area contributed by atoms with Crippen LogP contribution in [0.3, 0.4) is 0 Å². The first-order valence-electron chi connectivity index (χ1n) is 7.66. The number of carbonyl (C=O) groups excluding carboxylic acids is 1. The molecular formula is C16H24N2O3. The number of amides is 1. The van der Waals surface area contributed by atoms with Crippen LogP contribution in [0.25, 0.3) is 0 Å². The van der Waals surface area contributed by atoms with E-state index in [9.17, 15) is 15.0 Å². The minimum absolute atomic E-state index is 0.0152. The van der Waals surface area contributed by atoms with Crippen molar-refractivity contribution in [1.29, 1.82) is 0 Å². The second kappa shape index (κ2) is 7.31. The van der Waals surface area contributed by atoms with Gasteiger partial charge in [-0.3, -0.25) is 4.79 Å². The van der Waals surface area contributed by atoms with Gasteiger partial charge in [-0.1, -0.05) is 19.3 Å². The maximum absolute atomic E-state index is 12.7. The fourth-order valence-corrected chi connectivity index (χ4v) is 2.95. The van der Waals surface area contributed by atoms with E-state index in [0.29, 0.717) is 13.1 Å². The Morgan fingerprint density at radius 3 is 2.62 bits per heavy atom. The van der Waals surface area contributed by atoms with Gasteiger partial charge < -0.3 is 20.8 Å². The molecule has 0 saturated heterocycles. The molecule has 1 saturated carbocycles. The predicted octanol–water partition coefficient (Wildman–Crippen LogP) is 2.22. The van der Waals surface area contributed by atoms with Crippen molar-refractivity contribution < 1.29 is 15.0 Å². The zero-order valence-corrected chi connectivity index (χ0v) is 12.3. The van der Waals surface area contributed by atoms with Crippen LogP contribution in [0.1, 0.15) is 48.9 Å². The summed E-state index contributed by atoms with van der Waals surface area (Å²) in [6.07, 6.45) is 6.20. The molecule has 1 aliphatic carbocycles. The monoisotopic (exact) mass is 292 g/mol. The third-order valence-corrected chi connectivity index (χ3v) is 4.09. The van der Waals surface area contributed by atoms with Crippen LogP contribution in [0.4, 0.5) is 0 Å². The molecule has 0 bridgehead atoms. The smallest absolute Gasteiger partial charge is 0.257 e. The number of rotatable bonds is 5. The molecule has 0 aromatic heterocycles. The molecule has 1 aromatic rings. The van der Waals surface area contributed by atoms with E-state index in [-0.39, 0.29) is 29.0 Å². The van der Waals surface area contributed by atoms with Crippen LogP contribution in [-0.4, -0.2) is 40.2 Å². The number of benzene rings is 1. The summed E-state index contributed by atoms with van der Waals surface area (Å²) in [5, 5.41) is 19.4. The first kappa shape index (κ1) is 15.6. The molecule has 0 radical (unpaired) electrons. The van der Waals surface area contributed by atoms with E-state index in [1.165, 1.54) is 24.6 Å². The lowest BCUT2D eigenvalue weighted by Gasteiger charge is -2.34. The summed E-state index contributed by atoms with van der Waals surface area (Å²) in [4.78, 5) is 14.6. The van der Waals surface area contributed by atoms with E-state index in [0.717, 1.165) is 32.1 Å². The van der Waals surface area contributed by atoms with Gasteiger partial charge in [-0.2, -0.15) is 0 Å². The lowest BCUT2D eigenvalue weighted by Crippen LogP contribution is -2.42. The number of carbonyl (C=O) groups is 1. The summed E-state index contributed by atoms with van der Waals surface area (Å²) in [6, 6.07) is 4.26.